The van der Waals surface area contributed by atoms with Gasteiger partial charge in [0.2, 0.25) is 0 Å². The molecular weight excluding hydrogens is 265 g/mol. The van der Waals surface area contributed by atoms with Gasteiger partial charge in [0.1, 0.15) is 0 Å². The fraction of sp³-hybridized carbons (Fsp3) is 0.200. The highest BCUT2D eigenvalue weighted by Gasteiger charge is 2.30. The lowest BCUT2D eigenvalue weighted by Gasteiger charge is -2.14. The van der Waals surface area contributed by atoms with Crippen molar-refractivity contribution in [3.8, 4) is 0 Å². The molecule has 0 atom stereocenters. The lowest BCUT2D eigenvalue weighted by atomic mass is 10.1. The molecule has 0 saturated heterocycles. The zero-order valence-corrected chi connectivity index (χ0v) is 11.2. The van der Waals surface area contributed by atoms with Gasteiger partial charge in [0.05, 0.1) is 16.9 Å². The van der Waals surface area contributed by atoms with Crippen LogP contribution < -0.4 is 10.6 Å². The Kier molecular flexibility index (Phi) is 3.88. The Bertz CT molecular complexity index is 606. The van der Waals surface area contributed by atoms with E-state index in [4.69, 9.17) is 0 Å². The molecule has 0 spiro atoms. The third kappa shape index (κ3) is 3.23. The van der Waals surface area contributed by atoms with Crippen molar-refractivity contribution in [2.45, 2.75) is 13.1 Å². The minimum atomic E-state index is -4.34. The highest BCUT2D eigenvalue weighted by molar-refractivity contribution is 5.75. The summed E-state index contributed by atoms with van der Waals surface area (Å²) in [6, 6.07) is 10.8. The predicted molar refractivity (Wildman–Crippen MR) is 75.5 cm³/mol. The summed E-state index contributed by atoms with van der Waals surface area (Å²) in [4.78, 5) is 0. The van der Waals surface area contributed by atoms with Gasteiger partial charge < -0.3 is 10.6 Å². The molecular formula is C15H15F3N2. The van der Waals surface area contributed by atoms with E-state index in [1.165, 1.54) is 6.07 Å². The van der Waals surface area contributed by atoms with E-state index in [1.54, 1.807) is 13.1 Å². The van der Waals surface area contributed by atoms with Crippen molar-refractivity contribution in [2.75, 3.05) is 17.7 Å². The number of nitrogens with one attached hydrogen (secondary N) is 2. The van der Waals surface area contributed by atoms with Crippen LogP contribution in [0.5, 0.6) is 0 Å². The number of halogens is 3. The van der Waals surface area contributed by atoms with E-state index in [2.05, 4.69) is 10.6 Å². The highest BCUT2D eigenvalue weighted by Crippen LogP contribution is 2.32. The smallest absolute Gasteiger partial charge is 0.386 e. The second-order valence-electron chi connectivity index (χ2n) is 4.50. The molecule has 2 rings (SSSR count). The first-order valence-electron chi connectivity index (χ1n) is 6.13. The molecule has 0 unspecified atom stereocenters. The first-order chi connectivity index (χ1) is 9.40. The maximum absolute atomic E-state index is 12.7. The van der Waals surface area contributed by atoms with Crippen molar-refractivity contribution in [1.82, 2.24) is 0 Å². The monoisotopic (exact) mass is 280 g/mol. The maximum atomic E-state index is 12.7. The molecule has 5 heteroatoms. The number of hydrogen-bond acceptors (Lipinski definition) is 2. The molecule has 0 radical (unpaired) electrons. The van der Waals surface area contributed by atoms with Crippen LogP contribution in [0.25, 0.3) is 0 Å². The van der Waals surface area contributed by atoms with E-state index < -0.39 is 11.7 Å². The molecule has 0 fully saturated rings. The molecule has 0 aliphatic rings. The molecule has 2 N–H and O–H groups in total. The summed E-state index contributed by atoms with van der Waals surface area (Å²) in [5.74, 6) is 0. The van der Waals surface area contributed by atoms with Crippen molar-refractivity contribution in [3.63, 3.8) is 0 Å². The van der Waals surface area contributed by atoms with Crippen LogP contribution in [0.1, 0.15) is 11.1 Å². The lowest BCUT2D eigenvalue weighted by molar-refractivity contribution is -0.137. The molecule has 0 aromatic heterocycles. The molecule has 2 aromatic rings. The topological polar surface area (TPSA) is 24.1 Å². The summed E-state index contributed by atoms with van der Waals surface area (Å²) in [5, 5.41) is 6.02. The van der Waals surface area contributed by atoms with E-state index in [9.17, 15) is 13.2 Å². The largest absolute Gasteiger partial charge is 0.416 e. The standard InChI is InChI=1S/C15H15F3N2/c1-10-6-7-13(19-2)14(8-10)20-12-5-3-4-11(9-12)15(16,17)18/h3-9,19-20H,1-2H3. The van der Waals surface area contributed by atoms with E-state index in [0.717, 1.165) is 29.1 Å². The van der Waals surface area contributed by atoms with Crippen LogP contribution in [0.2, 0.25) is 0 Å². The summed E-state index contributed by atoms with van der Waals surface area (Å²) < 4.78 is 38.0. The average Bonchev–Trinajstić information content (AvgIpc) is 2.38. The van der Waals surface area contributed by atoms with Gasteiger partial charge in [0.25, 0.3) is 0 Å². The van der Waals surface area contributed by atoms with Crippen LogP contribution in [-0.4, -0.2) is 7.05 Å². The quantitative estimate of drug-likeness (QED) is 0.844. The van der Waals surface area contributed by atoms with Crippen LogP contribution in [0, 0.1) is 6.92 Å². The Labute approximate surface area is 115 Å². The fourth-order valence-electron chi connectivity index (χ4n) is 1.91. The SMILES string of the molecule is CNc1ccc(C)cc1Nc1cccc(C(F)(F)F)c1. The number of anilines is 3. The number of aryl methyl sites for hydroxylation is 1. The first kappa shape index (κ1) is 14.2. The predicted octanol–water partition coefficient (Wildman–Crippen LogP) is 4.80. The first-order valence-corrected chi connectivity index (χ1v) is 6.13. The molecule has 2 aromatic carbocycles. The van der Waals surface area contributed by atoms with E-state index in [1.807, 2.05) is 25.1 Å². The van der Waals surface area contributed by atoms with Gasteiger partial charge in [-0.1, -0.05) is 12.1 Å². The molecule has 0 aliphatic carbocycles. The number of hydrogen-bond donors (Lipinski definition) is 2. The van der Waals surface area contributed by atoms with Crippen molar-refractivity contribution in [1.29, 1.82) is 0 Å². The Morgan fingerprint density at radius 2 is 1.70 bits per heavy atom. The summed E-state index contributed by atoms with van der Waals surface area (Å²) in [6.45, 7) is 1.93. The van der Waals surface area contributed by atoms with Gasteiger partial charge >= 0.3 is 6.18 Å². The van der Waals surface area contributed by atoms with Gasteiger partial charge in [0, 0.05) is 12.7 Å². The van der Waals surface area contributed by atoms with Gasteiger partial charge in [-0.2, -0.15) is 13.2 Å². The molecule has 0 saturated carbocycles. The van der Waals surface area contributed by atoms with Gasteiger partial charge in [-0.25, -0.2) is 0 Å². The fourth-order valence-corrected chi connectivity index (χ4v) is 1.91. The second kappa shape index (κ2) is 5.45. The summed E-state index contributed by atoms with van der Waals surface area (Å²) in [7, 11) is 1.77. The van der Waals surface area contributed by atoms with Gasteiger partial charge in [-0.15, -0.1) is 0 Å². The van der Waals surface area contributed by atoms with Crippen LogP contribution in [0.15, 0.2) is 42.5 Å². The van der Waals surface area contributed by atoms with Crippen LogP contribution in [0.3, 0.4) is 0 Å². The number of rotatable bonds is 3. The van der Waals surface area contributed by atoms with Crippen molar-refractivity contribution in [3.05, 3.63) is 53.6 Å². The Morgan fingerprint density at radius 1 is 0.950 bits per heavy atom. The minimum Gasteiger partial charge on any atom is -0.386 e. The van der Waals surface area contributed by atoms with Crippen molar-refractivity contribution in [2.24, 2.45) is 0 Å². The molecule has 2 nitrogen and oxygen atoms in total. The Morgan fingerprint density at radius 3 is 2.35 bits per heavy atom. The minimum absolute atomic E-state index is 0.405. The van der Waals surface area contributed by atoms with Crippen molar-refractivity contribution < 1.29 is 13.2 Å². The number of alkyl halides is 3. The molecule has 0 amide bonds. The third-order valence-corrected chi connectivity index (χ3v) is 2.91. The molecule has 0 heterocycles. The molecule has 106 valence electrons. The summed E-state index contributed by atoms with van der Waals surface area (Å²) in [6.07, 6.45) is -4.34. The van der Waals surface area contributed by atoms with Gasteiger partial charge in [-0.05, 0) is 42.8 Å². The van der Waals surface area contributed by atoms with Crippen molar-refractivity contribution >= 4 is 17.1 Å². The molecule has 0 aliphatic heterocycles. The molecule has 0 bridgehead atoms. The normalized spacial score (nSPS) is 11.2. The Balaban J connectivity index is 2.33. The summed E-state index contributed by atoms with van der Waals surface area (Å²) in [5.41, 5.74) is 2.33. The number of benzene rings is 2. The van der Waals surface area contributed by atoms with Crippen LogP contribution >= 0.6 is 0 Å². The van der Waals surface area contributed by atoms with E-state index in [-0.39, 0.29) is 0 Å². The van der Waals surface area contributed by atoms with Gasteiger partial charge in [-0.3, -0.25) is 0 Å². The highest BCUT2D eigenvalue weighted by atomic mass is 19.4. The molecule has 20 heavy (non-hydrogen) atoms. The maximum Gasteiger partial charge on any atom is 0.416 e. The zero-order chi connectivity index (χ0) is 14.8. The van der Waals surface area contributed by atoms with Crippen LogP contribution in [-0.2, 0) is 6.18 Å². The van der Waals surface area contributed by atoms with Crippen LogP contribution in [0.4, 0.5) is 30.2 Å². The lowest BCUT2D eigenvalue weighted by Crippen LogP contribution is -2.05. The second-order valence-corrected chi connectivity index (χ2v) is 4.50. The van der Waals surface area contributed by atoms with E-state index >= 15 is 0 Å². The zero-order valence-electron chi connectivity index (χ0n) is 11.2. The Hall–Kier alpha value is -2.17. The average molecular weight is 280 g/mol. The van der Waals surface area contributed by atoms with Gasteiger partial charge in [0.15, 0.2) is 0 Å². The third-order valence-electron chi connectivity index (χ3n) is 2.91. The van der Waals surface area contributed by atoms with E-state index in [0.29, 0.717) is 5.69 Å². The summed E-state index contributed by atoms with van der Waals surface area (Å²) >= 11 is 0.